The molecule has 0 bridgehead atoms. The standard InChI is InChI=1S/C24H30N2O5S/c1-31-24(28)19-25(18-21-8-4-2-5-9-21)23(27)15-12-20-10-13-22(14-11-20)32(29,30)26-16-6-3-7-17-26/h2,4-5,8-11,13-14H,3,6-7,12,15-19H2,1H3. The summed E-state index contributed by atoms with van der Waals surface area (Å²) < 4.78 is 31.8. The van der Waals surface area contributed by atoms with Crippen LogP contribution >= 0.6 is 0 Å². The molecule has 3 rings (SSSR count). The molecule has 1 heterocycles. The summed E-state index contributed by atoms with van der Waals surface area (Å²) >= 11 is 0. The van der Waals surface area contributed by atoms with E-state index in [9.17, 15) is 18.0 Å². The van der Waals surface area contributed by atoms with Gasteiger partial charge in [0, 0.05) is 26.1 Å². The second kappa shape index (κ2) is 11.2. The van der Waals surface area contributed by atoms with E-state index in [0.717, 1.165) is 30.4 Å². The number of amides is 1. The van der Waals surface area contributed by atoms with E-state index in [1.165, 1.54) is 12.0 Å². The number of hydrogen-bond donors (Lipinski definition) is 0. The first-order chi connectivity index (χ1) is 15.4. The first-order valence-corrected chi connectivity index (χ1v) is 12.3. The van der Waals surface area contributed by atoms with Gasteiger partial charge in [0.05, 0.1) is 12.0 Å². The molecule has 1 fully saturated rings. The Kier molecular flexibility index (Phi) is 8.41. The van der Waals surface area contributed by atoms with Crippen LogP contribution in [-0.2, 0) is 37.3 Å². The first kappa shape index (κ1) is 23.9. The Hall–Kier alpha value is -2.71. The number of carbonyl (C=O) groups excluding carboxylic acids is 2. The van der Waals surface area contributed by atoms with Crippen molar-refractivity contribution in [3.63, 3.8) is 0 Å². The molecule has 1 aliphatic rings. The van der Waals surface area contributed by atoms with Crippen LogP contribution in [-0.4, -0.2) is 56.2 Å². The summed E-state index contributed by atoms with van der Waals surface area (Å²) in [6, 6.07) is 16.2. The largest absolute Gasteiger partial charge is 0.468 e. The highest BCUT2D eigenvalue weighted by atomic mass is 32.2. The summed E-state index contributed by atoms with van der Waals surface area (Å²) in [5.74, 6) is -0.633. The summed E-state index contributed by atoms with van der Waals surface area (Å²) in [6.45, 7) is 1.34. The van der Waals surface area contributed by atoms with Gasteiger partial charge in [-0.25, -0.2) is 8.42 Å². The van der Waals surface area contributed by atoms with Crippen molar-refractivity contribution < 1.29 is 22.7 Å². The molecule has 2 aromatic carbocycles. The highest BCUT2D eigenvalue weighted by Gasteiger charge is 2.25. The number of aryl methyl sites for hydroxylation is 1. The van der Waals surface area contributed by atoms with E-state index in [1.54, 1.807) is 28.6 Å². The summed E-state index contributed by atoms with van der Waals surface area (Å²) in [5.41, 5.74) is 1.80. The van der Waals surface area contributed by atoms with Gasteiger partial charge >= 0.3 is 5.97 Å². The van der Waals surface area contributed by atoms with E-state index in [4.69, 9.17) is 4.74 Å². The Balaban J connectivity index is 1.62. The van der Waals surface area contributed by atoms with Crippen molar-refractivity contribution in [2.75, 3.05) is 26.7 Å². The smallest absolute Gasteiger partial charge is 0.325 e. The minimum atomic E-state index is -3.47. The molecule has 0 atom stereocenters. The Labute approximate surface area is 190 Å². The molecule has 0 radical (unpaired) electrons. The predicted molar refractivity (Wildman–Crippen MR) is 121 cm³/mol. The van der Waals surface area contributed by atoms with Gasteiger partial charge in [-0.15, -0.1) is 0 Å². The van der Waals surface area contributed by atoms with Gasteiger partial charge in [-0.2, -0.15) is 4.31 Å². The minimum absolute atomic E-state index is 0.114. The van der Waals surface area contributed by atoms with Gasteiger partial charge in [-0.3, -0.25) is 9.59 Å². The second-order valence-electron chi connectivity index (χ2n) is 7.92. The predicted octanol–water partition coefficient (Wildman–Crippen LogP) is 3.00. The monoisotopic (exact) mass is 458 g/mol. The zero-order chi connectivity index (χ0) is 23.0. The SMILES string of the molecule is COC(=O)CN(Cc1ccccc1)C(=O)CCc1ccc(S(=O)(=O)N2CCCCC2)cc1. The average Bonchev–Trinajstić information content (AvgIpc) is 2.83. The van der Waals surface area contributed by atoms with Crippen LogP contribution in [0, 0.1) is 0 Å². The Morgan fingerprint density at radius 1 is 0.938 bits per heavy atom. The fraction of sp³-hybridized carbons (Fsp3) is 0.417. The van der Waals surface area contributed by atoms with Crippen LogP contribution in [0.1, 0.15) is 36.8 Å². The average molecular weight is 459 g/mol. The maximum absolute atomic E-state index is 12.8. The van der Waals surface area contributed by atoms with E-state index in [-0.39, 0.29) is 23.8 Å². The van der Waals surface area contributed by atoms with Crippen LogP contribution in [0.15, 0.2) is 59.5 Å². The molecule has 0 N–H and O–H groups in total. The Bertz CT molecular complexity index is 1000. The van der Waals surface area contributed by atoms with E-state index < -0.39 is 16.0 Å². The number of benzene rings is 2. The zero-order valence-electron chi connectivity index (χ0n) is 18.4. The topological polar surface area (TPSA) is 84.0 Å². The van der Waals surface area contributed by atoms with E-state index >= 15 is 0 Å². The highest BCUT2D eigenvalue weighted by molar-refractivity contribution is 7.89. The highest BCUT2D eigenvalue weighted by Crippen LogP contribution is 2.21. The lowest BCUT2D eigenvalue weighted by Crippen LogP contribution is -2.36. The minimum Gasteiger partial charge on any atom is -0.468 e. The first-order valence-electron chi connectivity index (χ1n) is 10.9. The third-order valence-corrected chi connectivity index (χ3v) is 7.53. The molecule has 0 unspecified atom stereocenters. The molecule has 172 valence electrons. The van der Waals surface area contributed by atoms with Crippen molar-refractivity contribution in [2.45, 2.75) is 43.5 Å². The van der Waals surface area contributed by atoms with Gasteiger partial charge in [0.1, 0.15) is 6.54 Å². The van der Waals surface area contributed by atoms with Gasteiger partial charge in [-0.1, -0.05) is 48.9 Å². The molecular formula is C24H30N2O5S. The lowest BCUT2D eigenvalue weighted by atomic mass is 10.1. The second-order valence-corrected chi connectivity index (χ2v) is 9.86. The molecule has 7 nitrogen and oxygen atoms in total. The number of sulfonamides is 1. The third kappa shape index (κ3) is 6.40. The molecule has 1 saturated heterocycles. The molecule has 0 spiro atoms. The Morgan fingerprint density at radius 2 is 1.59 bits per heavy atom. The van der Waals surface area contributed by atoms with E-state index in [0.29, 0.717) is 26.1 Å². The van der Waals surface area contributed by atoms with Crippen LogP contribution in [0.4, 0.5) is 0 Å². The van der Waals surface area contributed by atoms with Crippen LogP contribution in [0.3, 0.4) is 0 Å². The normalized spacial score (nSPS) is 14.7. The molecule has 32 heavy (non-hydrogen) atoms. The molecule has 1 aliphatic heterocycles. The number of nitrogens with zero attached hydrogens (tertiary/aromatic N) is 2. The van der Waals surface area contributed by atoms with Crippen molar-refractivity contribution in [3.05, 3.63) is 65.7 Å². The molecule has 0 saturated carbocycles. The number of esters is 1. The molecule has 8 heteroatoms. The van der Waals surface area contributed by atoms with Gasteiger partial charge < -0.3 is 9.64 Å². The summed E-state index contributed by atoms with van der Waals surface area (Å²) in [5, 5.41) is 0. The van der Waals surface area contributed by atoms with Crippen molar-refractivity contribution >= 4 is 21.9 Å². The lowest BCUT2D eigenvalue weighted by Gasteiger charge is -2.25. The van der Waals surface area contributed by atoms with Crippen molar-refractivity contribution in [3.8, 4) is 0 Å². The van der Waals surface area contributed by atoms with Crippen molar-refractivity contribution in [1.82, 2.24) is 9.21 Å². The van der Waals surface area contributed by atoms with Gasteiger partial charge in [-0.05, 0) is 42.5 Å². The Morgan fingerprint density at radius 3 is 2.22 bits per heavy atom. The van der Waals surface area contributed by atoms with Crippen molar-refractivity contribution in [1.29, 1.82) is 0 Å². The van der Waals surface area contributed by atoms with Crippen LogP contribution in [0.25, 0.3) is 0 Å². The number of rotatable bonds is 9. The molecule has 0 aliphatic carbocycles. The number of piperidine rings is 1. The maximum atomic E-state index is 12.8. The van der Waals surface area contributed by atoms with Gasteiger partial charge in [0.25, 0.3) is 0 Å². The lowest BCUT2D eigenvalue weighted by molar-refractivity contribution is -0.147. The van der Waals surface area contributed by atoms with Crippen LogP contribution in [0.2, 0.25) is 0 Å². The summed E-state index contributed by atoms with van der Waals surface area (Å²) in [4.78, 5) is 26.4. The third-order valence-electron chi connectivity index (χ3n) is 5.62. The number of methoxy groups -OCH3 is 1. The number of hydrogen-bond acceptors (Lipinski definition) is 5. The number of carbonyl (C=O) groups is 2. The molecule has 0 aromatic heterocycles. The van der Waals surface area contributed by atoms with Crippen molar-refractivity contribution in [2.24, 2.45) is 0 Å². The quantitative estimate of drug-likeness (QED) is 0.540. The van der Waals surface area contributed by atoms with Gasteiger partial charge in [0.15, 0.2) is 0 Å². The summed E-state index contributed by atoms with van der Waals surface area (Å²) in [6.07, 6.45) is 3.52. The molecular weight excluding hydrogens is 428 g/mol. The maximum Gasteiger partial charge on any atom is 0.325 e. The van der Waals surface area contributed by atoms with E-state index in [1.807, 2.05) is 30.3 Å². The van der Waals surface area contributed by atoms with Gasteiger partial charge in [0.2, 0.25) is 15.9 Å². The fourth-order valence-electron chi connectivity index (χ4n) is 3.75. The van der Waals surface area contributed by atoms with Crippen LogP contribution in [0.5, 0.6) is 0 Å². The number of ether oxygens (including phenoxy) is 1. The van der Waals surface area contributed by atoms with E-state index in [2.05, 4.69) is 0 Å². The molecule has 2 aromatic rings. The fourth-order valence-corrected chi connectivity index (χ4v) is 5.27. The molecule has 1 amide bonds. The van der Waals surface area contributed by atoms with Crippen LogP contribution < -0.4 is 0 Å². The summed E-state index contributed by atoms with van der Waals surface area (Å²) in [7, 11) is -2.17. The zero-order valence-corrected chi connectivity index (χ0v) is 19.2.